The van der Waals surface area contributed by atoms with Gasteiger partial charge in [-0.15, -0.1) is 0 Å². The van der Waals surface area contributed by atoms with Crippen LogP contribution in [0.15, 0.2) is 18.3 Å². The molecule has 1 saturated carbocycles. The molecule has 0 saturated heterocycles. The Balaban J connectivity index is 1.85. The fraction of sp³-hybridized carbons (Fsp3) is 0.500. The SMILES string of the molecule is CC(C#N)Oc1ccc(CNC2CC2)nc1. The summed E-state index contributed by atoms with van der Waals surface area (Å²) < 4.78 is 5.31. The molecule has 84 valence electrons. The predicted octanol–water partition coefficient (Wildman–Crippen LogP) is 1.62. The van der Waals surface area contributed by atoms with E-state index in [0.717, 1.165) is 12.2 Å². The quantitative estimate of drug-likeness (QED) is 0.814. The summed E-state index contributed by atoms with van der Waals surface area (Å²) >= 11 is 0. The first-order valence-corrected chi connectivity index (χ1v) is 5.52. The second kappa shape index (κ2) is 4.95. The van der Waals surface area contributed by atoms with E-state index in [1.54, 1.807) is 13.1 Å². The van der Waals surface area contributed by atoms with Crippen molar-refractivity contribution in [2.24, 2.45) is 0 Å². The zero-order valence-electron chi connectivity index (χ0n) is 9.31. The molecule has 1 aliphatic carbocycles. The van der Waals surface area contributed by atoms with Crippen molar-refractivity contribution in [2.75, 3.05) is 0 Å². The molecule has 1 N–H and O–H groups in total. The Kier molecular flexibility index (Phi) is 3.37. The van der Waals surface area contributed by atoms with Crippen molar-refractivity contribution in [1.82, 2.24) is 10.3 Å². The van der Waals surface area contributed by atoms with Crippen molar-refractivity contribution in [3.8, 4) is 11.8 Å². The van der Waals surface area contributed by atoms with Crippen molar-refractivity contribution in [2.45, 2.75) is 38.5 Å². The van der Waals surface area contributed by atoms with Gasteiger partial charge in [-0.3, -0.25) is 4.98 Å². The Bertz CT molecular complexity index is 378. The van der Waals surface area contributed by atoms with E-state index in [1.165, 1.54) is 12.8 Å². The van der Waals surface area contributed by atoms with E-state index in [-0.39, 0.29) is 0 Å². The molecular formula is C12H15N3O. The highest BCUT2D eigenvalue weighted by Crippen LogP contribution is 2.19. The molecule has 4 nitrogen and oxygen atoms in total. The van der Waals surface area contributed by atoms with E-state index in [4.69, 9.17) is 10.00 Å². The number of pyridine rings is 1. The topological polar surface area (TPSA) is 57.9 Å². The van der Waals surface area contributed by atoms with Gasteiger partial charge >= 0.3 is 0 Å². The van der Waals surface area contributed by atoms with Crippen LogP contribution in [0.2, 0.25) is 0 Å². The average molecular weight is 217 g/mol. The van der Waals surface area contributed by atoms with E-state index in [1.807, 2.05) is 18.2 Å². The summed E-state index contributed by atoms with van der Waals surface area (Å²) in [7, 11) is 0. The molecule has 1 heterocycles. The van der Waals surface area contributed by atoms with Gasteiger partial charge in [0, 0.05) is 12.6 Å². The van der Waals surface area contributed by atoms with Crippen molar-refractivity contribution in [3.05, 3.63) is 24.0 Å². The number of hydrogen-bond donors (Lipinski definition) is 1. The van der Waals surface area contributed by atoms with Gasteiger partial charge in [0.1, 0.15) is 11.8 Å². The normalized spacial score (nSPS) is 16.5. The number of aromatic nitrogens is 1. The highest BCUT2D eigenvalue weighted by atomic mass is 16.5. The smallest absolute Gasteiger partial charge is 0.181 e. The third-order valence-corrected chi connectivity index (χ3v) is 2.44. The van der Waals surface area contributed by atoms with Crippen LogP contribution in [0.25, 0.3) is 0 Å². The van der Waals surface area contributed by atoms with Crippen LogP contribution in [-0.4, -0.2) is 17.1 Å². The van der Waals surface area contributed by atoms with Crippen molar-refractivity contribution in [1.29, 1.82) is 5.26 Å². The Morgan fingerprint density at radius 3 is 3.00 bits per heavy atom. The lowest BCUT2D eigenvalue weighted by Crippen LogP contribution is -2.16. The number of nitriles is 1. The van der Waals surface area contributed by atoms with Gasteiger partial charge in [0.2, 0.25) is 0 Å². The zero-order valence-corrected chi connectivity index (χ0v) is 9.31. The van der Waals surface area contributed by atoms with Gasteiger partial charge < -0.3 is 10.1 Å². The average Bonchev–Trinajstić information content (AvgIpc) is 3.12. The van der Waals surface area contributed by atoms with Gasteiger partial charge in [0.05, 0.1) is 11.9 Å². The summed E-state index contributed by atoms with van der Waals surface area (Å²) in [6, 6.07) is 6.48. The standard InChI is InChI=1S/C12H15N3O/c1-9(6-13)16-12-5-4-11(15-8-12)7-14-10-2-3-10/h4-5,8-10,14H,2-3,7H2,1H3. The molecule has 1 aromatic rings. The first kappa shape index (κ1) is 10.9. The second-order valence-corrected chi connectivity index (χ2v) is 4.03. The molecule has 0 amide bonds. The van der Waals surface area contributed by atoms with Gasteiger partial charge in [-0.25, -0.2) is 0 Å². The lowest BCUT2D eigenvalue weighted by molar-refractivity contribution is 0.275. The molecule has 2 rings (SSSR count). The molecule has 0 radical (unpaired) electrons. The summed E-state index contributed by atoms with van der Waals surface area (Å²) in [6.45, 7) is 2.52. The molecule has 16 heavy (non-hydrogen) atoms. The first-order chi connectivity index (χ1) is 7.78. The molecule has 0 spiro atoms. The van der Waals surface area contributed by atoms with E-state index in [0.29, 0.717) is 11.8 Å². The lowest BCUT2D eigenvalue weighted by Gasteiger charge is -2.07. The van der Waals surface area contributed by atoms with Crippen LogP contribution in [0.3, 0.4) is 0 Å². The maximum atomic E-state index is 8.60. The highest BCUT2D eigenvalue weighted by molar-refractivity contribution is 5.20. The molecule has 1 aromatic heterocycles. The number of ether oxygens (including phenoxy) is 1. The van der Waals surface area contributed by atoms with Crippen molar-refractivity contribution < 1.29 is 4.74 Å². The lowest BCUT2D eigenvalue weighted by atomic mass is 10.3. The van der Waals surface area contributed by atoms with Crippen LogP contribution in [-0.2, 0) is 6.54 Å². The molecular weight excluding hydrogens is 202 g/mol. The minimum Gasteiger partial charge on any atom is -0.474 e. The van der Waals surface area contributed by atoms with Gasteiger partial charge in [-0.05, 0) is 31.9 Å². The maximum Gasteiger partial charge on any atom is 0.181 e. The van der Waals surface area contributed by atoms with E-state index in [2.05, 4.69) is 10.3 Å². The zero-order chi connectivity index (χ0) is 11.4. The molecule has 0 aliphatic heterocycles. The van der Waals surface area contributed by atoms with Crippen LogP contribution in [0.1, 0.15) is 25.5 Å². The largest absolute Gasteiger partial charge is 0.474 e. The molecule has 0 aromatic carbocycles. The Hall–Kier alpha value is -1.60. The maximum absolute atomic E-state index is 8.60. The summed E-state index contributed by atoms with van der Waals surface area (Å²) in [4.78, 5) is 4.27. The summed E-state index contributed by atoms with van der Waals surface area (Å²) in [5.74, 6) is 0.643. The monoisotopic (exact) mass is 217 g/mol. The summed E-state index contributed by atoms with van der Waals surface area (Å²) in [6.07, 6.45) is 3.79. The van der Waals surface area contributed by atoms with Gasteiger partial charge in [-0.1, -0.05) is 0 Å². The minimum atomic E-state index is -0.433. The highest BCUT2D eigenvalue weighted by Gasteiger charge is 2.20. The van der Waals surface area contributed by atoms with Gasteiger partial charge in [0.15, 0.2) is 6.10 Å². The van der Waals surface area contributed by atoms with Crippen LogP contribution >= 0.6 is 0 Å². The number of nitrogens with zero attached hydrogens (tertiary/aromatic N) is 2. The third-order valence-electron chi connectivity index (χ3n) is 2.44. The number of nitrogens with one attached hydrogen (secondary N) is 1. The number of hydrogen-bond acceptors (Lipinski definition) is 4. The van der Waals surface area contributed by atoms with E-state index < -0.39 is 6.10 Å². The Morgan fingerprint density at radius 2 is 2.44 bits per heavy atom. The fourth-order valence-electron chi connectivity index (χ4n) is 1.35. The number of rotatable bonds is 5. The molecule has 0 bridgehead atoms. The Morgan fingerprint density at radius 1 is 1.62 bits per heavy atom. The summed E-state index contributed by atoms with van der Waals surface area (Å²) in [5.41, 5.74) is 1.00. The van der Waals surface area contributed by atoms with E-state index in [9.17, 15) is 0 Å². The van der Waals surface area contributed by atoms with Crippen LogP contribution in [0.5, 0.6) is 5.75 Å². The summed E-state index contributed by atoms with van der Waals surface area (Å²) in [5, 5.41) is 12.0. The van der Waals surface area contributed by atoms with Crippen LogP contribution in [0, 0.1) is 11.3 Å². The molecule has 1 unspecified atom stereocenters. The first-order valence-electron chi connectivity index (χ1n) is 5.52. The minimum absolute atomic E-state index is 0.433. The van der Waals surface area contributed by atoms with Crippen molar-refractivity contribution >= 4 is 0 Å². The Labute approximate surface area is 95.3 Å². The second-order valence-electron chi connectivity index (χ2n) is 4.03. The van der Waals surface area contributed by atoms with E-state index >= 15 is 0 Å². The van der Waals surface area contributed by atoms with Gasteiger partial charge in [-0.2, -0.15) is 5.26 Å². The molecule has 1 fully saturated rings. The third kappa shape index (κ3) is 3.21. The molecule has 1 atom stereocenters. The molecule has 1 aliphatic rings. The van der Waals surface area contributed by atoms with Crippen LogP contribution < -0.4 is 10.1 Å². The fourth-order valence-corrected chi connectivity index (χ4v) is 1.35. The van der Waals surface area contributed by atoms with Crippen LogP contribution in [0.4, 0.5) is 0 Å². The van der Waals surface area contributed by atoms with Gasteiger partial charge in [0.25, 0.3) is 0 Å². The molecule has 4 heteroatoms. The van der Waals surface area contributed by atoms with Crippen molar-refractivity contribution in [3.63, 3.8) is 0 Å². The predicted molar refractivity (Wildman–Crippen MR) is 59.8 cm³/mol.